The van der Waals surface area contributed by atoms with E-state index in [4.69, 9.17) is 0 Å². The summed E-state index contributed by atoms with van der Waals surface area (Å²) < 4.78 is 0. The highest BCUT2D eigenvalue weighted by Gasteiger charge is 2.34. The van der Waals surface area contributed by atoms with Crippen molar-refractivity contribution in [3.8, 4) is 0 Å². The van der Waals surface area contributed by atoms with Crippen molar-refractivity contribution in [3.05, 3.63) is 0 Å². The Kier molecular flexibility index (Phi) is 5.09. The Hall–Kier alpha value is -1.46. The van der Waals surface area contributed by atoms with Crippen LogP contribution in [0.1, 0.15) is 39.5 Å². The van der Waals surface area contributed by atoms with Crippen molar-refractivity contribution in [1.82, 2.24) is 20.4 Å². The molecule has 114 valence electrons. The molecule has 0 aliphatic carbocycles. The van der Waals surface area contributed by atoms with Crippen LogP contribution in [-0.4, -0.2) is 60.1 Å². The van der Waals surface area contributed by atoms with Crippen molar-refractivity contribution in [2.75, 3.05) is 26.2 Å². The minimum Gasteiger partial charge on any atom is -0.338 e. The van der Waals surface area contributed by atoms with Gasteiger partial charge >= 0.3 is 12.1 Å². The van der Waals surface area contributed by atoms with E-state index in [2.05, 4.69) is 10.6 Å². The maximum absolute atomic E-state index is 11.5. The zero-order chi connectivity index (χ0) is 14.5. The van der Waals surface area contributed by atoms with Gasteiger partial charge in [0.05, 0.1) is 0 Å². The zero-order valence-corrected chi connectivity index (χ0v) is 12.5. The fourth-order valence-electron chi connectivity index (χ4n) is 2.24. The SMILES string of the molecule is CC1CN1C(=O)NCCCCCCNC(=O)N1CC1C. The topological polar surface area (TPSA) is 64.2 Å². The van der Waals surface area contributed by atoms with E-state index in [0.29, 0.717) is 12.1 Å². The lowest BCUT2D eigenvalue weighted by molar-refractivity contribution is 0.226. The van der Waals surface area contributed by atoms with Crippen molar-refractivity contribution in [2.24, 2.45) is 0 Å². The number of carbonyl (C=O) groups is 2. The molecule has 2 aliphatic rings. The monoisotopic (exact) mass is 282 g/mol. The number of carbonyl (C=O) groups excluding carboxylic acids is 2. The third kappa shape index (κ3) is 4.58. The fraction of sp³-hybridized carbons (Fsp3) is 0.857. The Bertz CT molecular complexity index is 327. The molecule has 0 aromatic heterocycles. The molecule has 2 rings (SSSR count). The summed E-state index contributed by atoms with van der Waals surface area (Å²) in [6.45, 7) is 7.38. The van der Waals surface area contributed by atoms with Crippen LogP contribution in [0.4, 0.5) is 9.59 Å². The third-order valence-electron chi connectivity index (χ3n) is 3.90. The molecule has 0 saturated carbocycles. The Balaban J connectivity index is 1.35. The quantitative estimate of drug-likeness (QED) is 0.547. The summed E-state index contributed by atoms with van der Waals surface area (Å²) in [6.07, 6.45) is 4.19. The molecule has 2 fully saturated rings. The van der Waals surface area contributed by atoms with E-state index in [9.17, 15) is 9.59 Å². The summed E-state index contributed by atoms with van der Waals surface area (Å²) in [5, 5.41) is 5.85. The van der Waals surface area contributed by atoms with E-state index in [1.165, 1.54) is 0 Å². The number of unbranched alkanes of at least 4 members (excludes halogenated alkanes) is 3. The summed E-state index contributed by atoms with van der Waals surface area (Å²) >= 11 is 0. The first-order valence-corrected chi connectivity index (χ1v) is 7.68. The normalized spacial score (nSPS) is 23.5. The molecular formula is C14H26N4O2. The second-order valence-electron chi connectivity index (χ2n) is 5.88. The second kappa shape index (κ2) is 6.81. The van der Waals surface area contributed by atoms with E-state index in [1.54, 1.807) is 0 Å². The van der Waals surface area contributed by atoms with Gasteiger partial charge in [0.1, 0.15) is 0 Å². The molecule has 2 aliphatic heterocycles. The molecule has 2 heterocycles. The Labute approximate surface area is 120 Å². The lowest BCUT2D eigenvalue weighted by atomic mass is 10.2. The first kappa shape index (κ1) is 14.9. The van der Waals surface area contributed by atoms with Gasteiger partial charge in [0.25, 0.3) is 0 Å². The molecule has 2 atom stereocenters. The lowest BCUT2D eigenvalue weighted by Crippen LogP contribution is -2.30. The van der Waals surface area contributed by atoms with Gasteiger partial charge in [-0.2, -0.15) is 0 Å². The van der Waals surface area contributed by atoms with Gasteiger partial charge in [-0.1, -0.05) is 12.8 Å². The number of nitrogens with zero attached hydrogens (tertiary/aromatic N) is 2. The van der Waals surface area contributed by atoms with Crippen LogP contribution in [0.15, 0.2) is 0 Å². The molecule has 6 nitrogen and oxygen atoms in total. The average molecular weight is 282 g/mol. The van der Waals surface area contributed by atoms with E-state index in [0.717, 1.165) is 51.9 Å². The predicted molar refractivity (Wildman–Crippen MR) is 77.6 cm³/mol. The van der Waals surface area contributed by atoms with Gasteiger partial charge in [0.2, 0.25) is 0 Å². The Morgan fingerprint density at radius 1 is 0.850 bits per heavy atom. The van der Waals surface area contributed by atoms with Crippen molar-refractivity contribution in [2.45, 2.75) is 51.6 Å². The molecular weight excluding hydrogens is 256 g/mol. The number of hydrogen-bond acceptors (Lipinski definition) is 2. The minimum atomic E-state index is 0.0670. The van der Waals surface area contributed by atoms with Crippen LogP contribution < -0.4 is 10.6 Å². The van der Waals surface area contributed by atoms with E-state index in [1.807, 2.05) is 23.6 Å². The van der Waals surface area contributed by atoms with Gasteiger partial charge in [0.15, 0.2) is 0 Å². The summed E-state index contributed by atoms with van der Waals surface area (Å²) in [5.74, 6) is 0. The van der Waals surface area contributed by atoms with Crippen LogP contribution in [0.2, 0.25) is 0 Å². The number of hydrogen-bond donors (Lipinski definition) is 2. The first-order chi connectivity index (χ1) is 9.59. The van der Waals surface area contributed by atoms with Gasteiger partial charge in [-0.15, -0.1) is 0 Å². The smallest absolute Gasteiger partial charge is 0.317 e. The molecule has 0 spiro atoms. The molecule has 4 amide bonds. The molecule has 2 N–H and O–H groups in total. The minimum absolute atomic E-state index is 0.0670. The molecule has 0 aromatic rings. The Morgan fingerprint density at radius 2 is 1.20 bits per heavy atom. The predicted octanol–water partition coefficient (Wildman–Crippen LogP) is 1.37. The molecule has 2 unspecified atom stereocenters. The van der Waals surface area contributed by atoms with Crippen LogP contribution in [0.3, 0.4) is 0 Å². The number of amides is 4. The van der Waals surface area contributed by atoms with Gasteiger partial charge < -0.3 is 20.4 Å². The number of rotatable bonds is 7. The van der Waals surface area contributed by atoms with Crippen LogP contribution in [0, 0.1) is 0 Å². The zero-order valence-electron chi connectivity index (χ0n) is 12.5. The van der Waals surface area contributed by atoms with Gasteiger partial charge in [0, 0.05) is 38.3 Å². The highest BCUT2D eigenvalue weighted by Crippen LogP contribution is 2.16. The maximum atomic E-state index is 11.5. The highest BCUT2D eigenvalue weighted by atomic mass is 16.2. The largest absolute Gasteiger partial charge is 0.338 e. The molecule has 0 aromatic carbocycles. The Morgan fingerprint density at radius 3 is 1.50 bits per heavy atom. The van der Waals surface area contributed by atoms with Crippen molar-refractivity contribution in [1.29, 1.82) is 0 Å². The van der Waals surface area contributed by atoms with Gasteiger partial charge in [-0.25, -0.2) is 9.59 Å². The number of urea groups is 2. The standard InChI is InChI=1S/C14H26N4O2/c1-11-9-17(11)13(19)15-7-5-3-4-6-8-16-14(20)18-10-12(18)2/h11-12H,3-10H2,1-2H3,(H,15,19)(H,16,20). The third-order valence-corrected chi connectivity index (χ3v) is 3.90. The molecule has 2 saturated heterocycles. The van der Waals surface area contributed by atoms with Crippen LogP contribution in [-0.2, 0) is 0 Å². The highest BCUT2D eigenvalue weighted by molar-refractivity contribution is 5.77. The summed E-state index contributed by atoms with van der Waals surface area (Å²) in [5.41, 5.74) is 0. The summed E-state index contributed by atoms with van der Waals surface area (Å²) in [6, 6.07) is 0.974. The molecule has 0 bridgehead atoms. The van der Waals surface area contributed by atoms with Gasteiger partial charge in [-0.05, 0) is 26.7 Å². The second-order valence-corrected chi connectivity index (χ2v) is 5.88. The molecule has 20 heavy (non-hydrogen) atoms. The maximum Gasteiger partial charge on any atom is 0.317 e. The lowest BCUT2D eigenvalue weighted by Gasteiger charge is -2.07. The van der Waals surface area contributed by atoms with Gasteiger partial charge in [-0.3, -0.25) is 0 Å². The van der Waals surface area contributed by atoms with Crippen LogP contribution >= 0.6 is 0 Å². The average Bonchev–Trinajstić information content (AvgIpc) is 3.31. The summed E-state index contributed by atoms with van der Waals surface area (Å²) in [4.78, 5) is 26.6. The van der Waals surface area contributed by atoms with Crippen molar-refractivity contribution < 1.29 is 9.59 Å². The fourth-order valence-corrected chi connectivity index (χ4v) is 2.24. The summed E-state index contributed by atoms with van der Waals surface area (Å²) in [7, 11) is 0. The van der Waals surface area contributed by atoms with Crippen molar-refractivity contribution in [3.63, 3.8) is 0 Å². The van der Waals surface area contributed by atoms with E-state index in [-0.39, 0.29) is 12.1 Å². The number of nitrogens with one attached hydrogen (secondary N) is 2. The van der Waals surface area contributed by atoms with E-state index >= 15 is 0 Å². The van der Waals surface area contributed by atoms with Crippen LogP contribution in [0.5, 0.6) is 0 Å². The molecule has 0 radical (unpaired) electrons. The van der Waals surface area contributed by atoms with E-state index < -0.39 is 0 Å². The van der Waals surface area contributed by atoms with Crippen molar-refractivity contribution >= 4 is 12.1 Å². The first-order valence-electron chi connectivity index (χ1n) is 7.68. The molecule has 6 heteroatoms. The van der Waals surface area contributed by atoms with Crippen LogP contribution in [0.25, 0.3) is 0 Å².